The highest BCUT2D eigenvalue weighted by Crippen LogP contribution is 2.33. The molecule has 0 aliphatic carbocycles. The first-order chi connectivity index (χ1) is 9.19. The Kier molecular flexibility index (Phi) is 2.98. The topological polar surface area (TPSA) is 35.3 Å². The molecule has 0 atom stereocenters. The van der Waals surface area contributed by atoms with Crippen LogP contribution in [0.15, 0.2) is 45.3 Å². The number of benzene rings is 2. The molecule has 3 aromatic rings. The quantitative estimate of drug-likeness (QED) is 0.701. The minimum absolute atomic E-state index is 0.252. The number of methoxy groups -OCH3 is 1. The molecule has 0 bridgehead atoms. The van der Waals surface area contributed by atoms with Crippen molar-refractivity contribution >= 4 is 27.0 Å². The molecule has 96 valence electrons. The predicted octanol–water partition coefficient (Wildman–Crippen LogP) is 4.41. The van der Waals surface area contributed by atoms with Crippen molar-refractivity contribution in [2.75, 3.05) is 7.11 Å². The SMILES string of the molecule is COc1cc(Br)c2oc(-c3ccccc3F)nc2c1. The van der Waals surface area contributed by atoms with Gasteiger partial charge in [-0.25, -0.2) is 9.37 Å². The van der Waals surface area contributed by atoms with E-state index in [1.165, 1.54) is 6.07 Å². The summed E-state index contributed by atoms with van der Waals surface area (Å²) in [7, 11) is 1.57. The number of hydrogen-bond donors (Lipinski definition) is 0. The number of oxazole rings is 1. The van der Waals surface area contributed by atoms with E-state index in [0.717, 1.165) is 4.47 Å². The molecule has 0 N–H and O–H groups in total. The van der Waals surface area contributed by atoms with Crippen LogP contribution in [0.25, 0.3) is 22.6 Å². The summed E-state index contributed by atoms with van der Waals surface area (Å²) in [5.41, 5.74) is 1.52. The van der Waals surface area contributed by atoms with Gasteiger partial charge in [0.25, 0.3) is 0 Å². The normalized spacial score (nSPS) is 10.9. The summed E-state index contributed by atoms with van der Waals surface area (Å²) in [6.07, 6.45) is 0. The van der Waals surface area contributed by atoms with Crippen LogP contribution < -0.4 is 4.74 Å². The molecular weight excluding hydrogens is 313 g/mol. The first kappa shape index (κ1) is 12.2. The van der Waals surface area contributed by atoms with Crippen LogP contribution in [-0.2, 0) is 0 Å². The lowest BCUT2D eigenvalue weighted by Gasteiger charge is -1.98. The Balaban J connectivity index is 2.22. The molecule has 0 aliphatic heterocycles. The van der Waals surface area contributed by atoms with E-state index in [2.05, 4.69) is 20.9 Å². The molecule has 0 unspecified atom stereocenters. The third-order valence-electron chi connectivity index (χ3n) is 2.76. The van der Waals surface area contributed by atoms with Crippen LogP contribution in [0.4, 0.5) is 4.39 Å². The molecule has 2 aromatic carbocycles. The summed E-state index contributed by atoms with van der Waals surface area (Å²) < 4.78 is 25.2. The second-order valence-electron chi connectivity index (χ2n) is 3.96. The maximum Gasteiger partial charge on any atom is 0.230 e. The maximum absolute atomic E-state index is 13.7. The lowest BCUT2D eigenvalue weighted by atomic mass is 10.2. The van der Waals surface area contributed by atoms with Crippen LogP contribution in [0.1, 0.15) is 0 Å². The van der Waals surface area contributed by atoms with Crippen LogP contribution in [0.5, 0.6) is 5.75 Å². The van der Waals surface area contributed by atoms with E-state index >= 15 is 0 Å². The number of aromatic nitrogens is 1. The van der Waals surface area contributed by atoms with Crippen LogP contribution >= 0.6 is 15.9 Å². The van der Waals surface area contributed by atoms with Crippen molar-refractivity contribution in [3.8, 4) is 17.2 Å². The van der Waals surface area contributed by atoms with Crippen molar-refractivity contribution in [2.45, 2.75) is 0 Å². The second kappa shape index (κ2) is 4.66. The van der Waals surface area contributed by atoms with Crippen molar-refractivity contribution < 1.29 is 13.5 Å². The van der Waals surface area contributed by atoms with Gasteiger partial charge in [-0.1, -0.05) is 12.1 Å². The second-order valence-corrected chi connectivity index (χ2v) is 4.81. The minimum Gasteiger partial charge on any atom is -0.497 e. The number of hydrogen-bond acceptors (Lipinski definition) is 3. The molecule has 5 heteroatoms. The molecule has 0 aliphatic rings. The van der Waals surface area contributed by atoms with E-state index < -0.39 is 0 Å². The Labute approximate surface area is 117 Å². The smallest absolute Gasteiger partial charge is 0.230 e. The van der Waals surface area contributed by atoms with Crippen LogP contribution in [0, 0.1) is 5.82 Å². The van der Waals surface area contributed by atoms with Gasteiger partial charge in [0.2, 0.25) is 5.89 Å². The zero-order chi connectivity index (χ0) is 13.4. The predicted molar refractivity (Wildman–Crippen MR) is 73.7 cm³/mol. The fraction of sp³-hybridized carbons (Fsp3) is 0.0714. The van der Waals surface area contributed by atoms with Gasteiger partial charge in [-0.3, -0.25) is 0 Å². The minimum atomic E-state index is -0.364. The number of halogens is 2. The summed E-state index contributed by atoms with van der Waals surface area (Å²) in [6, 6.07) is 9.89. The van der Waals surface area contributed by atoms with Gasteiger partial charge in [-0.05, 0) is 34.1 Å². The van der Waals surface area contributed by atoms with Crippen LogP contribution in [0.3, 0.4) is 0 Å². The molecule has 0 radical (unpaired) electrons. The Morgan fingerprint density at radius 3 is 2.79 bits per heavy atom. The largest absolute Gasteiger partial charge is 0.497 e. The van der Waals surface area contributed by atoms with Gasteiger partial charge in [0, 0.05) is 6.07 Å². The Hall–Kier alpha value is -1.88. The summed E-state index contributed by atoms with van der Waals surface area (Å²) in [4.78, 5) is 4.30. The monoisotopic (exact) mass is 321 g/mol. The van der Waals surface area contributed by atoms with E-state index in [1.807, 2.05) is 0 Å². The van der Waals surface area contributed by atoms with Crippen molar-refractivity contribution in [1.29, 1.82) is 0 Å². The fourth-order valence-electron chi connectivity index (χ4n) is 1.84. The average molecular weight is 322 g/mol. The Morgan fingerprint density at radius 2 is 2.05 bits per heavy atom. The summed E-state index contributed by atoms with van der Waals surface area (Å²) in [5, 5.41) is 0. The van der Waals surface area contributed by atoms with E-state index in [1.54, 1.807) is 37.4 Å². The highest BCUT2D eigenvalue weighted by atomic mass is 79.9. The number of ether oxygens (including phenoxy) is 1. The molecule has 0 fully saturated rings. The molecule has 3 nitrogen and oxygen atoms in total. The first-order valence-corrected chi connectivity index (χ1v) is 6.37. The third-order valence-corrected chi connectivity index (χ3v) is 3.35. The van der Waals surface area contributed by atoms with Gasteiger partial charge in [0.15, 0.2) is 5.58 Å². The van der Waals surface area contributed by atoms with Crippen molar-refractivity contribution in [3.63, 3.8) is 0 Å². The van der Waals surface area contributed by atoms with E-state index in [0.29, 0.717) is 22.4 Å². The fourth-order valence-corrected chi connectivity index (χ4v) is 2.35. The van der Waals surface area contributed by atoms with E-state index in [-0.39, 0.29) is 11.7 Å². The molecule has 0 saturated carbocycles. The van der Waals surface area contributed by atoms with E-state index in [9.17, 15) is 4.39 Å². The van der Waals surface area contributed by atoms with Crippen molar-refractivity contribution in [2.24, 2.45) is 0 Å². The molecule has 0 spiro atoms. The van der Waals surface area contributed by atoms with Crippen LogP contribution in [-0.4, -0.2) is 12.1 Å². The first-order valence-electron chi connectivity index (χ1n) is 5.58. The molecule has 1 aromatic heterocycles. The standard InChI is InChI=1S/C14H9BrFNO2/c1-18-8-6-10(15)13-12(7-8)17-14(19-13)9-4-2-3-5-11(9)16/h2-7H,1H3. The number of fused-ring (bicyclic) bond motifs is 1. The van der Waals surface area contributed by atoms with Gasteiger partial charge in [-0.15, -0.1) is 0 Å². The molecule has 19 heavy (non-hydrogen) atoms. The summed E-state index contributed by atoms with van der Waals surface area (Å²) >= 11 is 3.39. The highest BCUT2D eigenvalue weighted by molar-refractivity contribution is 9.10. The zero-order valence-corrected chi connectivity index (χ0v) is 11.6. The molecular formula is C14H9BrFNO2. The molecule has 0 saturated heterocycles. The van der Waals surface area contributed by atoms with Crippen molar-refractivity contribution in [1.82, 2.24) is 4.98 Å². The zero-order valence-electron chi connectivity index (χ0n) is 9.98. The van der Waals surface area contributed by atoms with E-state index in [4.69, 9.17) is 9.15 Å². The third kappa shape index (κ3) is 2.10. The Morgan fingerprint density at radius 1 is 1.26 bits per heavy atom. The molecule has 0 amide bonds. The van der Waals surface area contributed by atoms with Gasteiger partial charge >= 0.3 is 0 Å². The van der Waals surface area contributed by atoms with Gasteiger partial charge in [0.1, 0.15) is 17.1 Å². The summed E-state index contributed by atoms with van der Waals surface area (Å²) in [5.74, 6) is 0.548. The lowest BCUT2D eigenvalue weighted by Crippen LogP contribution is -1.83. The van der Waals surface area contributed by atoms with Crippen molar-refractivity contribution in [3.05, 3.63) is 46.7 Å². The summed E-state index contributed by atoms with van der Waals surface area (Å²) in [6.45, 7) is 0. The maximum atomic E-state index is 13.7. The van der Waals surface area contributed by atoms with Gasteiger partial charge in [-0.2, -0.15) is 0 Å². The lowest BCUT2D eigenvalue weighted by molar-refractivity contribution is 0.415. The molecule has 3 rings (SSSR count). The van der Waals surface area contributed by atoms with Crippen LogP contribution in [0.2, 0.25) is 0 Å². The molecule has 1 heterocycles. The Bertz CT molecular complexity index is 754. The average Bonchev–Trinajstić information content (AvgIpc) is 2.83. The highest BCUT2D eigenvalue weighted by Gasteiger charge is 2.14. The van der Waals surface area contributed by atoms with Gasteiger partial charge < -0.3 is 9.15 Å². The number of rotatable bonds is 2. The van der Waals surface area contributed by atoms with Gasteiger partial charge in [0.05, 0.1) is 17.1 Å². The number of nitrogens with zero attached hydrogens (tertiary/aromatic N) is 1.